The van der Waals surface area contributed by atoms with Gasteiger partial charge in [0.05, 0.1) is 0 Å². The summed E-state index contributed by atoms with van der Waals surface area (Å²) in [5.74, 6) is 5.88. The fraction of sp³-hybridized carbons (Fsp3) is 0.316. The molecule has 0 saturated heterocycles. The summed E-state index contributed by atoms with van der Waals surface area (Å²) in [5.41, 5.74) is -0.443. The van der Waals surface area contributed by atoms with Crippen molar-refractivity contribution in [2.24, 2.45) is 0 Å². The number of halogens is 2. The number of aliphatic hydroxyl groups is 1. The first kappa shape index (κ1) is 18.7. The number of carbonyl (C=O) groups is 1. The van der Waals surface area contributed by atoms with Crippen LogP contribution in [0.1, 0.15) is 31.2 Å². The average Bonchev–Trinajstić information content (AvgIpc) is 2.98. The van der Waals surface area contributed by atoms with Crippen LogP contribution in [0.2, 0.25) is 10.2 Å². The monoisotopic (exact) mass is 393 g/mol. The molecule has 2 atom stereocenters. The van der Waals surface area contributed by atoms with Gasteiger partial charge in [-0.05, 0) is 49.1 Å². The molecule has 0 spiro atoms. The number of furan rings is 1. The summed E-state index contributed by atoms with van der Waals surface area (Å²) in [7, 11) is 0. The van der Waals surface area contributed by atoms with Gasteiger partial charge in [0.1, 0.15) is 5.60 Å². The number of nitrogens with one attached hydrogen (secondary N) is 1. The zero-order chi connectivity index (χ0) is 18.6. The van der Waals surface area contributed by atoms with E-state index in [1.165, 1.54) is 12.1 Å². The maximum absolute atomic E-state index is 11.9. The Morgan fingerprint density at radius 2 is 2.19 bits per heavy atom. The molecule has 1 amide bonds. The second kappa shape index (κ2) is 8.05. The molecule has 1 aromatic heterocycles. The second-order valence-electron chi connectivity index (χ2n) is 6.18. The van der Waals surface area contributed by atoms with E-state index in [9.17, 15) is 9.90 Å². The molecule has 1 saturated carbocycles. The lowest BCUT2D eigenvalue weighted by Crippen LogP contribution is -2.46. The molecule has 0 bridgehead atoms. The lowest BCUT2D eigenvalue weighted by Gasteiger charge is -2.33. The maximum atomic E-state index is 11.9. The van der Waals surface area contributed by atoms with Crippen LogP contribution in [0.3, 0.4) is 0 Å². The Labute approximate surface area is 161 Å². The molecular formula is C19H17Cl2NO4. The van der Waals surface area contributed by atoms with Gasteiger partial charge in [-0.3, -0.25) is 0 Å². The molecule has 136 valence electrons. The highest BCUT2D eigenvalue weighted by molar-refractivity contribution is 6.30. The van der Waals surface area contributed by atoms with Crippen molar-refractivity contribution >= 4 is 29.3 Å². The Kier molecular flexibility index (Phi) is 5.77. The first-order valence-electron chi connectivity index (χ1n) is 8.17. The molecule has 1 heterocycles. The SMILES string of the molecule is O=C(N[C@H]1CCC[C@@](O)(C#Cc2cccc(Cl)c2)C1)Oc1ccc(Cl)o1. The maximum Gasteiger partial charge on any atom is 0.415 e. The van der Waals surface area contributed by atoms with Crippen LogP contribution in [0.5, 0.6) is 5.95 Å². The summed E-state index contributed by atoms with van der Waals surface area (Å²) in [4.78, 5) is 11.9. The summed E-state index contributed by atoms with van der Waals surface area (Å²) in [6.45, 7) is 0. The lowest BCUT2D eigenvalue weighted by atomic mass is 9.82. The molecule has 1 aliphatic rings. The van der Waals surface area contributed by atoms with Crippen LogP contribution in [0.4, 0.5) is 4.79 Å². The molecule has 0 radical (unpaired) electrons. The third-order valence-electron chi connectivity index (χ3n) is 4.05. The van der Waals surface area contributed by atoms with E-state index < -0.39 is 11.7 Å². The second-order valence-corrected chi connectivity index (χ2v) is 6.99. The van der Waals surface area contributed by atoms with Crippen LogP contribution >= 0.6 is 23.2 Å². The predicted molar refractivity (Wildman–Crippen MR) is 98.4 cm³/mol. The van der Waals surface area contributed by atoms with Gasteiger partial charge in [0.2, 0.25) is 0 Å². The number of rotatable bonds is 2. The van der Waals surface area contributed by atoms with E-state index in [1.54, 1.807) is 18.2 Å². The minimum Gasteiger partial charge on any atom is -0.413 e. The van der Waals surface area contributed by atoms with Gasteiger partial charge >= 0.3 is 6.09 Å². The molecule has 2 N–H and O–H groups in total. The first-order valence-corrected chi connectivity index (χ1v) is 8.92. The van der Waals surface area contributed by atoms with Gasteiger partial charge in [0.15, 0.2) is 5.22 Å². The van der Waals surface area contributed by atoms with Gasteiger partial charge in [-0.25, -0.2) is 4.79 Å². The number of benzene rings is 1. The average molecular weight is 394 g/mol. The summed E-state index contributed by atoms with van der Waals surface area (Å²) < 4.78 is 10.00. The normalized spacial score (nSPS) is 22.2. The zero-order valence-corrected chi connectivity index (χ0v) is 15.3. The molecule has 2 aromatic rings. The van der Waals surface area contributed by atoms with Crippen molar-refractivity contribution in [3.8, 4) is 17.8 Å². The van der Waals surface area contributed by atoms with Crippen molar-refractivity contribution in [1.29, 1.82) is 0 Å². The van der Waals surface area contributed by atoms with Crippen molar-refractivity contribution in [2.75, 3.05) is 0 Å². The molecule has 1 aromatic carbocycles. The van der Waals surface area contributed by atoms with Crippen molar-refractivity contribution in [1.82, 2.24) is 5.32 Å². The molecule has 7 heteroatoms. The molecule has 5 nitrogen and oxygen atoms in total. The largest absolute Gasteiger partial charge is 0.415 e. The van der Waals surface area contributed by atoms with Crippen LogP contribution in [0, 0.1) is 11.8 Å². The van der Waals surface area contributed by atoms with E-state index in [1.807, 2.05) is 6.07 Å². The number of hydrogen-bond donors (Lipinski definition) is 2. The summed E-state index contributed by atoms with van der Waals surface area (Å²) >= 11 is 11.6. The van der Waals surface area contributed by atoms with Crippen LogP contribution in [0.15, 0.2) is 40.8 Å². The van der Waals surface area contributed by atoms with E-state index in [-0.39, 0.29) is 17.2 Å². The third kappa shape index (κ3) is 5.18. The van der Waals surface area contributed by atoms with Gasteiger partial charge in [0.25, 0.3) is 5.95 Å². The molecule has 3 rings (SSSR count). The topological polar surface area (TPSA) is 71.7 Å². The Bertz CT molecular complexity index is 854. The van der Waals surface area contributed by atoms with Crippen molar-refractivity contribution in [3.05, 3.63) is 52.2 Å². The van der Waals surface area contributed by atoms with Gasteiger partial charge in [-0.15, -0.1) is 0 Å². The Morgan fingerprint density at radius 3 is 2.92 bits per heavy atom. The zero-order valence-electron chi connectivity index (χ0n) is 13.8. The van der Waals surface area contributed by atoms with Crippen molar-refractivity contribution in [3.63, 3.8) is 0 Å². The van der Waals surface area contributed by atoms with Gasteiger partial charge in [-0.2, -0.15) is 0 Å². The minimum atomic E-state index is -1.17. The van der Waals surface area contributed by atoms with Crippen LogP contribution in [-0.2, 0) is 0 Å². The van der Waals surface area contributed by atoms with Crippen LogP contribution < -0.4 is 10.1 Å². The smallest absolute Gasteiger partial charge is 0.413 e. The number of hydrogen-bond acceptors (Lipinski definition) is 4. The first-order chi connectivity index (χ1) is 12.4. The van der Waals surface area contributed by atoms with E-state index in [0.717, 1.165) is 18.4 Å². The number of amides is 1. The number of carbonyl (C=O) groups excluding carboxylic acids is 1. The van der Waals surface area contributed by atoms with Crippen molar-refractivity contribution < 1.29 is 19.1 Å². The summed E-state index contributed by atoms with van der Waals surface area (Å²) in [6.07, 6.45) is 1.66. The summed E-state index contributed by atoms with van der Waals surface area (Å²) in [5, 5.41) is 14.2. The molecule has 1 fully saturated rings. The molecule has 0 aliphatic heterocycles. The third-order valence-corrected chi connectivity index (χ3v) is 4.49. The highest BCUT2D eigenvalue weighted by Gasteiger charge is 2.34. The van der Waals surface area contributed by atoms with Gasteiger partial charge in [-0.1, -0.05) is 29.5 Å². The molecular weight excluding hydrogens is 377 g/mol. The Hall–Kier alpha value is -2.13. The van der Waals surface area contributed by atoms with E-state index in [4.69, 9.17) is 32.4 Å². The standard InChI is InChI=1S/C19H17Cl2NO4/c20-14-4-1-3-13(11-14)8-10-19(24)9-2-5-15(12-19)22-18(23)26-17-7-6-16(21)25-17/h1,3-4,6-7,11,15,24H,2,5,9,12H2,(H,22,23)/t15-,19+/m0/s1. The highest BCUT2D eigenvalue weighted by atomic mass is 35.5. The van der Waals surface area contributed by atoms with Gasteiger partial charge < -0.3 is 19.6 Å². The van der Waals surface area contributed by atoms with Crippen molar-refractivity contribution in [2.45, 2.75) is 37.3 Å². The lowest BCUT2D eigenvalue weighted by molar-refractivity contribution is 0.0470. The van der Waals surface area contributed by atoms with Crippen LogP contribution in [-0.4, -0.2) is 22.8 Å². The Morgan fingerprint density at radius 1 is 1.35 bits per heavy atom. The fourth-order valence-corrected chi connectivity index (χ4v) is 3.21. The highest BCUT2D eigenvalue weighted by Crippen LogP contribution is 2.28. The summed E-state index contributed by atoms with van der Waals surface area (Å²) in [6, 6.07) is 9.82. The van der Waals surface area contributed by atoms with E-state index >= 15 is 0 Å². The molecule has 1 aliphatic carbocycles. The molecule has 26 heavy (non-hydrogen) atoms. The van der Waals surface area contributed by atoms with E-state index in [0.29, 0.717) is 17.9 Å². The van der Waals surface area contributed by atoms with Crippen LogP contribution in [0.25, 0.3) is 0 Å². The number of ether oxygens (including phenoxy) is 1. The fourth-order valence-electron chi connectivity index (χ4n) is 2.88. The Balaban J connectivity index is 1.60. The minimum absolute atomic E-state index is 0.0133. The van der Waals surface area contributed by atoms with E-state index in [2.05, 4.69) is 17.2 Å². The molecule has 0 unspecified atom stereocenters. The predicted octanol–water partition coefficient (Wildman–Crippen LogP) is 4.40. The van der Waals surface area contributed by atoms with Gasteiger partial charge in [0, 0.05) is 35.2 Å². The quantitative estimate of drug-likeness (QED) is 0.741.